The van der Waals surface area contributed by atoms with Gasteiger partial charge in [-0.2, -0.15) is 0 Å². The molecule has 2 unspecified atom stereocenters. The average molecular weight is 260 g/mol. The molecule has 0 amide bonds. The highest BCUT2D eigenvalue weighted by atomic mass is 15.2. The van der Waals surface area contributed by atoms with Crippen molar-refractivity contribution in [1.29, 1.82) is 0 Å². The summed E-state index contributed by atoms with van der Waals surface area (Å²) in [6.45, 7) is 10.5. The fraction of sp³-hybridized carbons (Fsp3) is 0.647. The summed E-state index contributed by atoms with van der Waals surface area (Å²) < 4.78 is 0. The molecule has 2 heteroatoms. The third-order valence-electron chi connectivity index (χ3n) is 4.30. The first kappa shape index (κ1) is 14.5. The van der Waals surface area contributed by atoms with E-state index in [-0.39, 0.29) is 0 Å². The van der Waals surface area contributed by atoms with Crippen LogP contribution in [0.5, 0.6) is 0 Å². The van der Waals surface area contributed by atoms with Crippen molar-refractivity contribution in [1.82, 2.24) is 10.2 Å². The Morgan fingerprint density at radius 1 is 1.21 bits per heavy atom. The predicted molar refractivity (Wildman–Crippen MR) is 82.6 cm³/mol. The van der Waals surface area contributed by atoms with E-state index in [0.717, 1.165) is 12.5 Å². The number of nitrogens with zero attached hydrogens (tertiary/aromatic N) is 1. The van der Waals surface area contributed by atoms with Crippen molar-refractivity contribution in [2.45, 2.75) is 39.2 Å². The highest BCUT2D eigenvalue weighted by molar-refractivity contribution is 5.27. The monoisotopic (exact) mass is 260 g/mol. The zero-order valence-electron chi connectivity index (χ0n) is 12.8. The van der Waals surface area contributed by atoms with E-state index in [4.69, 9.17) is 0 Å². The molecule has 0 aromatic heterocycles. The molecule has 0 saturated carbocycles. The minimum absolute atomic E-state index is 0.450. The molecule has 0 aliphatic carbocycles. The van der Waals surface area contributed by atoms with Gasteiger partial charge in [0.1, 0.15) is 0 Å². The maximum atomic E-state index is 3.47. The smallest absolute Gasteiger partial charge is 0.0446 e. The standard InChI is InChI=1S/C17H28N2/c1-13(2)15-5-7-16(8-6-15)17(18-4)12-19-10-9-14(3)11-19/h5-8,13-14,17-18H,9-12H2,1-4H3. The Labute approximate surface area is 118 Å². The summed E-state index contributed by atoms with van der Waals surface area (Å²) in [5.74, 6) is 1.47. The minimum atomic E-state index is 0.450. The molecule has 1 N–H and O–H groups in total. The number of hydrogen-bond donors (Lipinski definition) is 1. The highest BCUT2D eigenvalue weighted by Gasteiger charge is 2.21. The quantitative estimate of drug-likeness (QED) is 0.873. The molecule has 2 atom stereocenters. The molecule has 2 rings (SSSR count). The number of rotatable bonds is 5. The number of nitrogens with one attached hydrogen (secondary N) is 1. The second-order valence-electron chi connectivity index (χ2n) is 6.32. The summed E-state index contributed by atoms with van der Waals surface area (Å²) in [4.78, 5) is 2.59. The van der Waals surface area contributed by atoms with E-state index in [1.807, 2.05) is 0 Å². The SMILES string of the molecule is CNC(CN1CCC(C)C1)c1ccc(C(C)C)cc1. The van der Waals surface area contributed by atoms with Gasteiger partial charge in [-0.3, -0.25) is 0 Å². The summed E-state index contributed by atoms with van der Waals surface area (Å²) in [6.07, 6.45) is 1.35. The van der Waals surface area contributed by atoms with Crippen LogP contribution in [0.25, 0.3) is 0 Å². The van der Waals surface area contributed by atoms with Crippen LogP contribution in [0.15, 0.2) is 24.3 Å². The minimum Gasteiger partial charge on any atom is -0.312 e. The zero-order chi connectivity index (χ0) is 13.8. The lowest BCUT2D eigenvalue weighted by atomic mass is 9.99. The fourth-order valence-electron chi connectivity index (χ4n) is 2.93. The Balaban J connectivity index is 2.00. The lowest BCUT2D eigenvalue weighted by Gasteiger charge is -2.24. The first-order chi connectivity index (χ1) is 9.10. The van der Waals surface area contributed by atoms with Crippen molar-refractivity contribution >= 4 is 0 Å². The van der Waals surface area contributed by atoms with E-state index < -0.39 is 0 Å². The molecule has 106 valence electrons. The third-order valence-corrected chi connectivity index (χ3v) is 4.30. The van der Waals surface area contributed by atoms with Crippen LogP contribution in [-0.4, -0.2) is 31.6 Å². The van der Waals surface area contributed by atoms with E-state index in [9.17, 15) is 0 Å². The second kappa shape index (κ2) is 6.53. The summed E-state index contributed by atoms with van der Waals surface area (Å²) in [5, 5.41) is 3.47. The topological polar surface area (TPSA) is 15.3 Å². The number of hydrogen-bond acceptors (Lipinski definition) is 2. The number of likely N-dealkylation sites (N-methyl/N-ethyl adjacent to an activating group) is 1. The molecular weight excluding hydrogens is 232 g/mol. The molecule has 0 bridgehead atoms. The van der Waals surface area contributed by atoms with Gasteiger partial charge in [-0.15, -0.1) is 0 Å². The van der Waals surface area contributed by atoms with Gasteiger partial charge in [0, 0.05) is 19.1 Å². The molecule has 1 aromatic carbocycles. The molecule has 19 heavy (non-hydrogen) atoms. The van der Waals surface area contributed by atoms with Gasteiger partial charge in [0.2, 0.25) is 0 Å². The van der Waals surface area contributed by atoms with Gasteiger partial charge in [-0.25, -0.2) is 0 Å². The number of benzene rings is 1. The summed E-state index contributed by atoms with van der Waals surface area (Å²) in [7, 11) is 2.07. The molecule has 1 fully saturated rings. The third kappa shape index (κ3) is 3.80. The Morgan fingerprint density at radius 2 is 1.84 bits per heavy atom. The van der Waals surface area contributed by atoms with Crippen LogP contribution >= 0.6 is 0 Å². The molecule has 1 saturated heterocycles. The second-order valence-corrected chi connectivity index (χ2v) is 6.32. The Kier molecular flexibility index (Phi) is 5.00. The van der Waals surface area contributed by atoms with E-state index in [1.54, 1.807) is 0 Å². The van der Waals surface area contributed by atoms with Gasteiger partial charge >= 0.3 is 0 Å². The first-order valence-electron chi connectivity index (χ1n) is 7.59. The Morgan fingerprint density at radius 3 is 2.32 bits per heavy atom. The van der Waals surface area contributed by atoms with Crippen LogP contribution in [0.2, 0.25) is 0 Å². The van der Waals surface area contributed by atoms with E-state index in [1.165, 1.54) is 30.6 Å². The van der Waals surface area contributed by atoms with Gasteiger partial charge in [0.05, 0.1) is 0 Å². The first-order valence-corrected chi connectivity index (χ1v) is 7.59. The Hall–Kier alpha value is -0.860. The van der Waals surface area contributed by atoms with E-state index >= 15 is 0 Å². The predicted octanol–water partition coefficient (Wildman–Crippen LogP) is 3.41. The normalized spacial score (nSPS) is 22.1. The molecule has 1 aliphatic heterocycles. The van der Waals surface area contributed by atoms with Crippen molar-refractivity contribution in [2.75, 3.05) is 26.7 Å². The van der Waals surface area contributed by atoms with Crippen LogP contribution < -0.4 is 5.32 Å². The van der Waals surface area contributed by atoms with Gasteiger partial charge in [0.15, 0.2) is 0 Å². The van der Waals surface area contributed by atoms with Crippen LogP contribution in [0.1, 0.15) is 50.3 Å². The molecule has 2 nitrogen and oxygen atoms in total. The van der Waals surface area contributed by atoms with Crippen LogP contribution in [0.4, 0.5) is 0 Å². The zero-order valence-corrected chi connectivity index (χ0v) is 12.8. The van der Waals surface area contributed by atoms with Crippen molar-refractivity contribution in [3.05, 3.63) is 35.4 Å². The lowest BCUT2D eigenvalue weighted by Crippen LogP contribution is -2.32. The molecule has 1 aliphatic rings. The van der Waals surface area contributed by atoms with Gasteiger partial charge < -0.3 is 10.2 Å². The molecular formula is C17H28N2. The summed E-state index contributed by atoms with van der Waals surface area (Å²) in [5.41, 5.74) is 2.83. The highest BCUT2D eigenvalue weighted by Crippen LogP contribution is 2.22. The van der Waals surface area contributed by atoms with Crippen LogP contribution in [0.3, 0.4) is 0 Å². The van der Waals surface area contributed by atoms with Gasteiger partial charge in [-0.1, -0.05) is 45.0 Å². The average Bonchev–Trinajstić information content (AvgIpc) is 2.81. The maximum absolute atomic E-state index is 3.47. The van der Waals surface area contributed by atoms with E-state index in [0.29, 0.717) is 12.0 Å². The van der Waals surface area contributed by atoms with Crippen molar-refractivity contribution in [3.63, 3.8) is 0 Å². The lowest BCUT2D eigenvalue weighted by molar-refractivity contribution is 0.291. The molecule has 1 heterocycles. The van der Waals surface area contributed by atoms with Crippen LogP contribution in [-0.2, 0) is 0 Å². The molecule has 0 spiro atoms. The van der Waals surface area contributed by atoms with E-state index in [2.05, 4.69) is 62.3 Å². The fourth-order valence-corrected chi connectivity index (χ4v) is 2.93. The van der Waals surface area contributed by atoms with Crippen molar-refractivity contribution < 1.29 is 0 Å². The number of likely N-dealkylation sites (tertiary alicyclic amines) is 1. The summed E-state index contributed by atoms with van der Waals surface area (Å²) >= 11 is 0. The molecule has 1 aromatic rings. The Bertz CT molecular complexity index is 383. The maximum Gasteiger partial charge on any atom is 0.0446 e. The molecule has 0 radical (unpaired) electrons. The van der Waals surface area contributed by atoms with Crippen LogP contribution in [0, 0.1) is 5.92 Å². The van der Waals surface area contributed by atoms with Crippen molar-refractivity contribution in [2.24, 2.45) is 5.92 Å². The largest absolute Gasteiger partial charge is 0.312 e. The summed E-state index contributed by atoms with van der Waals surface area (Å²) in [6, 6.07) is 9.58. The van der Waals surface area contributed by atoms with Crippen molar-refractivity contribution in [3.8, 4) is 0 Å². The van der Waals surface area contributed by atoms with Gasteiger partial charge in [-0.05, 0) is 43.0 Å². The van der Waals surface area contributed by atoms with Gasteiger partial charge in [0.25, 0.3) is 0 Å².